The molecule has 0 atom stereocenters. The van der Waals surface area contributed by atoms with Gasteiger partial charge in [0.2, 0.25) is 0 Å². The van der Waals surface area contributed by atoms with E-state index < -0.39 is 0 Å². The molecule has 0 radical (unpaired) electrons. The molecule has 0 fully saturated rings. The Morgan fingerprint density at radius 3 is 2.94 bits per heavy atom. The van der Waals surface area contributed by atoms with Gasteiger partial charge in [-0.05, 0) is 30.2 Å². The maximum Gasteiger partial charge on any atom is 0.151 e. The molecule has 0 bridgehead atoms. The van der Waals surface area contributed by atoms with Gasteiger partial charge in [-0.2, -0.15) is 0 Å². The molecule has 0 amide bonds. The van der Waals surface area contributed by atoms with Crippen molar-refractivity contribution in [2.45, 2.75) is 6.42 Å². The summed E-state index contributed by atoms with van der Waals surface area (Å²) >= 11 is 0. The van der Waals surface area contributed by atoms with E-state index in [1.807, 2.05) is 12.1 Å². The lowest BCUT2D eigenvalue weighted by molar-refractivity contribution is 0.112. The summed E-state index contributed by atoms with van der Waals surface area (Å²) in [6.45, 7) is 0.985. The van der Waals surface area contributed by atoms with Gasteiger partial charge in [0, 0.05) is 29.6 Å². The molecule has 0 unspecified atom stereocenters. The summed E-state index contributed by atoms with van der Waals surface area (Å²) in [5.74, 6) is 0. The van der Waals surface area contributed by atoms with Gasteiger partial charge in [-0.3, -0.25) is 9.78 Å². The van der Waals surface area contributed by atoms with Gasteiger partial charge in [0.1, 0.15) is 0 Å². The van der Waals surface area contributed by atoms with Crippen molar-refractivity contribution in [3.05, 3.63) is 47.7 Å². The average molecular weight is 224 g/mol. The molecule has 2 aromatic rings. The first-order chi connectivity index (χ1) is 8.38. The second-order valence-electron chi connectivity index (χ2n) is 4.10. The van der Waals surface area contributed by atoms with Crippen molar-refractivity contribution in [3.63, 3.8) is 0 Å². The van der Waals surface area contributed by atoms with Gasteiger partial charge < -0.3 is 5.32 Å². The number of aromatic nitrogens is 1. The highest BCUT2D eigenvalue weighted by Crippen LogP contribution is 2.31. The van der Waals surface area contributed by atoms with Crippen LogP contribution in [0.4, 0.5) is 5.69 Å². The average Bonchev–Trinajstić information content (AvgIpc) is 2.87. The van der Waals surface area contributed by atoms with Crippen LogP contribution in [0.2, 0.25) is 0 Å². The van der Waals surface area contributed by atoms with E-state index in [0.29, 0.717) is 5.56 Å². The fourth-order valence-corrected chi connectivity index (χ4v) is 2.22. The molecular formula is C14H12N2O. The van der Waals surface area contributed by atoms with Crippen LogP contribution in [0.15, 0.2) is 36.5 Å². The Hall–Kier alpha value is -2.16. The third kappa shape index (κ3) is 1.69. The number of hydrogen-bond acceptors (Lipinski definition) is 3. The number of fused-ring (bicyclic) bond motifs is 1. The summed E-state index contributed by atoms with van der Waals surface area (Å²) in [5, 5.41) is 3.35. The van der Waals surface area contributed by atoms with Gasteiger partial charge in [-0.15, -0.1) is 0 Å². The van der Waals surface area contributed by atoms with Gasteiger partial charge in [0.15, 0.2) is 6.29 Å². The molecule has 3 heteroatoms. The molecule has 0 spiro atoms. The predicted octanol–water partition coefficient (Wildman–Crippen LogP) is 2.53. The molecule has 0 saturated carbocycles. The van der Waals surface area contributed by atoms with Gasteiger partial charge in [-0.25, -0.2) is 0 Å². The van der Waals surface area contributed by atoms with Crippen LogP contribution in [0, 0.1) is 0 Å². The molecule has 2 heterocycles. The van der Waals surface area contributed by atoms with Crippen LogP contribution in [-0.2, 0) is 6.42 Å². The van der Waals surface area contributed by atoms with Crippen molar-refractivity contribution in [1.29, 1.82) is 0 Å². The lowest BCUT2D eigenvalue weighted by Crippen LogP contribution is -1.90. The molecule has 3 nitrogen and oxygen atoms in total. The van der Waals surface area contributed by atoms with Crippen LogP contribution < -0.4 is 5.32 Å². The molecule has 0 saturated heterocycles. The Labute approximate surface area is 99.5 Å². The maximum absolute atomic E-state index is 10.6. The lowest BCUT2D eigenvalue weighted by atomic mass is 10.0. The second-order valence-corrected chi connectivity index (χ2v) is 4.10. The number of carbonyl (C=O) groups excluding carboxylic acids is 1. The number of nitrogens with one attached hydrogen (secondary N) is 1. The molecule has 1 aliphatic rings. The SMILES string of the molecule is O=Cc1ccc(-c2cccc3c2CCN3)nc1. The summed E-state index contributed by atoms with van der Waals surface area (Å²) in [6.07, 6.45) is 3.46. The summed E-state index contributed by atoms with van der Waals surface area (Å²) in [4.78, 5) is 14.9. The molecule has 1 aromatic heterocycles. The van der Waals surface area contributed by atoms with E-state index in [1.165, 1.54) is 11.3 Å². The largest absolute Gasteiger partial charge is 0.384 e. The number of pyridine rings is 1. The van der Waals surface area contributed by atoms with Crippen LogP contribution in [-0.4, -0.2) is 17.8 Å². The molecule has 17 heavy (non-hydrogen) atoms. The molecule has 1 aliphatic heterocycles. The van der Waals surface area contributed by atoms with Crippen LogP contribution in [0.5, 0.6) is 0 Å². The highest BCUT2D eigenvalue weighted by molar-refractivity contribution is 5.77. The van der Waals surface area contributed by atoms with Gasteiger partial charge in [-0.1, -0.05) is 12.1 Å². The Morgan fingerprint density at radius 1 is 1.24 bits per heavy atom. The zero-order valence-corrected chi connectivity index (χ0v) is 9.31. The molecular weight excluding hydrogens is 212 g/mol. The van der Waals surface area contributed by atoms with Crippen molar-refractivity contribution in [1.82, 2.24) is 4.98 Å². The minimum Gasteiger partial charge on any atom is -0.384 e. The van der Waals surface area contributed by atoms with Crippen molar-refractivity contribution >= 4 is 12.0 Å². The zero-order valence-electron chi connectivity index (χ0n) is 9.31. The van der Waals surface area contributed by atoms with E-state index in [2.05, 4.69) is 22.4 Å². The number of carbonyl (C=O) groups is 1. The van der Waals surface area contributed by atoms with E-state index in [-0.39, 0.29) is 0 Å². The maximum atomic E-state index is 10.6. The minimum atomic E-state index is 0.611. The monoisotopic (exact) mass is 224 g/mol. The Bertz CT molecular complexity index is 561. The third-order valence-electron chi connectivity index (χ3n) is 3.06. The zero-order chi connectivity index (χ0) is 11.7. The first kappa shape index (κ1) is 10.0. The molecule has 0 aliphatic carbocycles. The van der Waals surface area contributed by atoms with E-state index >= 15 is 0 Å². The minimum absolute atomic E-state index is 0.611. The molecule has 84 valence electrons. The number of anilines is 1. The highest BCUT2D eigenvalue weighted by atomic mass is 16.1. The summed E-state index contributed by atoms with van der Waals surface area (Å²) in [5.41, 5.74) is 5.21. The third-order valence-corrected chi connectivity index (χ3v) is 3.06. The fraction of sp³-hybridized carbons (Fsp3) is 0.143. The number of hydrogen-bond donors (Lipinski definition) is 1. The van der Waals surface area contributed by atoms with E-state index in [1.54, 1.807) is 12.3 Å². The second kappa shape index (κ2) is 4.01. The topological polar surface area (TPSA) is 42.0 Å². The fourth-order valence-electron chi connectivity index (χ4n) is 2.22. The van der Waals surface area contributed by atoms with Crippen molar-refractivity contribution < 1.29 is 4.79 Å². The van der Waals surface area contributed by atoms with Crippen LogP contribution in [0.1, 0.15) is 15.9 Å². The summed E-state index contributed by atoms with van der Waals surface area (Å²) in [7, 11) is 0. The standard InChI is InChI=1S/C14H12N2O/c17-9-10-4-5-14(16-8-10)11-2-1-3-13-12(11)6-7-15-13/h1-5,8-9,15H,6-7H2. The smallest absolute Gasteiger partial charge is 0.151 e. The quantitative estimate of drug-likeness (QED) is 0.797. The molecule has 1 aromatic carbocycles. The van der Waals surface area contributed by atoms with Gasteiger partial charge >= 0.3 is 0 Å². The highest BCUT2D eigenvalue weighted by Gasteiger charge is 2.15. The molecule has 1 N–H and O–H groups in total. The molecule has 3 rings (SSSR count). The first-order valence-corrected chi connectivity index (χ1v) is 5.66. The van der Waals surface area contributed by atoms with Crippen molar-refractivity contribution in [2.75, 3.05) is 11.9 Å². The van der Waals surface area contributed by atoms with Crippen molar-refractivity contribution in [2.24, 2.45) is 0 Å². The summed E-state index contributed by atoms with van der Waals surface area (Å²) < 4.78 is 0. The number of nitrogens with zero attached hydrogens (tertiary/aromatic N) is 1. The van der Waals surface area contributed by atoms with Crippen molar-refractivity contribution in [3.8, 4) is 11.3 Å². The Morgan fingerprint density at radius 2 is 2.18 bits per heavy atom. The Kier molecular flexibility index (Phi) is 2.37. The van der Waals surface area contributed by atoms with E-state index in [0.717, 1.165) is 30.5 Å². The summed E-state index contributed by atoms with van der Waals surface area (Å²) in [6, 6.07) is 9.90. The number of aldehydes is 1. The normalized spacial score (nSPS) is 12.9. The van der Waals surface area contributed by atoms with E-state index in [9.17, 15) is 4.79 Å². The first-order valence-electron chi connectivity index (χ1n) is 5.66. The van der Waals surface area contributed by atoms with Crippen LogP contribution in [0.25, 0.3) is 11.3 Å². The van der Waals surface area contributed by atoms with Crippen LogP contribution >= 0.6 is 0 Å². The van der Waals surface area contributed by atoms with Crippen LogP contribution in [0.3, 0.4) is 0 Å². The predicted molar refractivity (Wildman–Crippen MR) is 67.3 cm³/mol. The number of rotatable bonds is 2. The number of benzene rings is 1. The van der Waals surface area contributed by atoms with Gasteiger partial charge in [0.05, 0.1) is 5.69 Å². The Balaban J connectivity index is 2.09. The van der Waals surface area contributed by atoms with Gasteiger partial charge in [0.25, 0.3) is 0 Å². The lowest BCUT2D eigenvalue weighted by Gasteiger charge is -2.07. The van der Waals surface area contributed by atoms with E-state index in [4.69, 9.17) is 0 Å².